The molecule has 1 heterocycles. The molecule has 5 heteroatoms. The number of nitrogens with two attached hydrogens (primary N) is 1. The first-order chi connectivity index (χ1) is 10.1. The minimum Gasteiger partial charge on any atom is -0.367 e. The zero-order chi connectivity index (χ0) is 15.0. The van der Waals surface area contributed by atoms with Crippen LogP contribution in [0.2, 0.25) is 5.02 Å². The minimum atomic E-state index is 0.255. The third-order valence-electron chi connectivity index (χ3n) is 3.24. The Morgan fingerprint density at radius 2 is 1.90 bits per heavy atom. The molecule has 3 rings (SSSR count). The van der Waals surface area contributed by atoms with Gasteiger partial charge in [0.1, 0.15) is 5.69 Å². The van der Waals surface area contributed by atoms with Crippen molar-refractivity contribution in [2.45, 2.75) is 6.92 Å². The second kappa shape index (κ2) is 5.54. The van der Waals surface area contributed by atoms with Crippen molar-refractivity contribution in [2.75, 3.05) is 5.73 Å². The molecule has 1 aromatic heterocycles. The van der Waals surface area contributed by atoms with E-state index in [0.29, 0.717) is 16.3 Å². The molecule has 3 nitrogen and oxygen atoms in total. The monoisotopic (exact) mass is 362 g/mol. The van der Waals surface area contributed by atoms with Gasteiger partial charge in [-0.15, -0.1) is 0 Å². The van der Waals surface area contributed by atoms with Gasteiger partial charge in [-0.05, 0) is 24.6 Å². The van der Waals surface area contributed by atoms with E-state index in [-0.39, 0.29) is 5.88 Å². The Bertz CT molecular complexity index is 814. The van der Waals surface area contributed by atoms with Gasteiger partial charge in [0.2, 0.25) is 5.88 Å². The molecule has 2 N–H and O–H groups in total. The maximum atomic E-state index is 6.28. The molecule has 0 bridgehead atoms. The number of halogens is 2. The van der Waals surface area contributed by atoms with Gasteiger partial charge in [0, 0.05) is 20.6 Å². The van der Waals surface area contributed by atoms with Gasteiger partial charge in [-0.1, -0.05) is 63.0 Å². The number of anilines is 1. The van der Waals surface area contributed by atoms with E-state index in [1.807, 2.05) is 49.4 Å². The molecular formula is C16H12BrClN2O. The first kappa shape index (κ1) is 14.2. The third kappa shape index (κ3) is 2.57. The lowest BCUT2D eigenvalue weighted by Crippen LogP contribution is -1.89. The Morgan fingerprint density at radius 3 is 2.62 bits per heavy atom. The first-order valence-corrected chi connectivity index (χ1v) is 7.51. The molecule has 0 atom stereocenters. The van der Waals surface area contributed by atoms with Crippen molar-refractivity contribution in [3.05, 3.63) is 57.5 Å². The van der Waals surface area contributed by atoms with Crippen molar-refractivity contribution in [2.24, 2.45) is 0 Å². The Balaban J connectivity index is 2.25. The van der Waals surface area contributed by atoms with E-state index >= 15 is 0 Å². The van der Waals surface area contributed by atoms with Crippen molar-refractivity contribution in [1.82, 2.24) is 5.16 Å². The Hall–Kier alpha value is -1.78. The van der Waals surface area contributed by atoms with Crippen LogP contribution in [0.5, 0.6) is 0 Å². The highest BCUT2D eigenvalue weighted by Crippen LogP contribution is 2.41. The van der Waals surface area contributed by atoms with Crippen molar-refractivity contribution in [3.8, 4) is 22.4 Å². The molecule has 0 aliphatic heterocycles. The van der Waals surface area contributed by atoms with Crippen LogP contribution >= 0.6 is 27.5 Å². The maximum Gasteiger partial charge on any atom is 0.230 e. The predicted octanol–water partition coefficient (Wildman–Crippen LogP) is 5.32. The maximum absolute atomic E-state index is 6.28. The van der Waals surface area contributed by atoms with Gasteiger partial charge in [-0.3, -0.25) is 0 Å². The summed E-state index contributed by atoms with van der Waals surface area (Å²) in [5.41, 5.74) is 10.2. The van der Waals surface area contributed by atoms with Gasteiger partial charge in [0.15, 0.2) is 0 Å². The van der Waals surface area contributed by atoms with Crippen LogP contribution in [0.15, 0.2) is 51.5 Å². The average molecular weight is 364 g/mol. The average Bonchev–Trinajstić information content (AvgIpc) is 2.81. The smallest absolute Gasteiger partial charge is 0.230 e. The second-order valence-electron chi connectivity index (χ2n) is 4.73. The van der Waals surface area contributed by atoms with E-state index in [2.05, 4.69) is 21.1 Å². The molecule has 2 aromatic carbocycles. The van der Waals surface area contributed by atoms with Gasteiger partial charge in [-0.25, -0.2) is 0 Å². The normalized spacial score (nSPS) is 10.8. The highest BCUT2D eigenvalue weighted by Gasteiger charge is 2.20. The fourth-order valence-corrected chi connectivity index (χ4v) is 3.13. The zero-order valence-electron chi connectivity index (χ0n) is 11.2. The van der Waals surface area contributed by atoms with E-state index in [0.717, 1.165) is 21.2 Å². The van der Waals surface area contributed by atoms with Crippen LogP contribution in [0.1, 0.15) is 5.56 Å². The van der Waals surface area contributed by atoms with Crippen LogP contribution in [-0.2, 0) is 0 Å². The molecule has 0 saturated carbocycles. The summed E-state index contributed by atoms with van der Waals surface area (Å²) >= 11 is 9.84. The third-order valence-corrected chi connectivity index (χ3v) is 4.23. The van der Waals surface area contributed by atoms with E-state index in [1.54, 1.807) is 0 Å². The van der Waals surface area contributed by atoms with E-state index < -0.39 is 0 Å². The standard InChI is InChI=1S/C16H12BrClN2O/c1-9-6-7-10(12(17)8-9)15-14(16(19)21-20-15)11-4-2-3-5-13(11)18/h2-8H,19H2,1H3. The fourth-order valence-electron chi connectivity index (χ4n) is 2.22. The SMILES string of the molecule is Cc1ccc(-c2noc(N)c2-c2ccccc2Cl)c(Br)c1. The Morgan fingerprint density at radius 1 is 1.14 bits per heavy atom. The second-order valence-corrected chi connectivity index (χ2v) is 6.00. The summed E-state index contributed by atoms with van der Waals surface area (Å²) in [7, 11) is 0. The van der Waals surface area contributed by atoms with Crippen LogP contribution in [-0.4, -0.2) is 5.16 Å². The lowest BCUT2D eigenvalue weighted by atomic mass is 10.0. The molecule has 0 unspecified atom stereocenters. The van der Waals surface area contributed by atoms with Gasteiger partial charge in [-0.2, -0.15) is 0 Å². The predicted molar refractivity (Wildman–Crippen MR) is 89.2 cm³/mol. The highest BCUT2D eigenvalue weighted by atomic mass is 79.9. The van der Waals surface area contributed by atoms with Crippen molar-refractivity contribution >= 4 is 33.4 Å². The topological polar surface area (TPSA) is 52.0 Å². The summed E-state index contributed by atoms with van der Waals surface area (Å²) in [6.45, 7) is 2.03. The molecule has 21 heavy (non-hydrogen) atoms. The van der Waals surface area contributed by atoms with Crippen molar-refractivity contribution in [3.63, 3.8) is 0 Å². The molecule has 106 valence electrons. The summed E-state index contributed by atoms with van der Waals surface area (Å²) in [5, 5.41) is 4.71. The molecular weight excluding hydrogens is 352 g/mol. The van der Waals surface area contributed by atoms with Crippen molar-refractivity contribution < 1.29 is 4.52 Å². The van der Waals surface area contributed by atoms with Crippen molar-refractivity contribution in [1.29, 1.82) is 0 Å². The number of nitrogens with zero attached hydrogens (tertiary/aromatic N) is 1. The fraction of sp³-hybridized carbons (Fsp3) is 0.0625. The van der Waals surface area contributed by atoms with E-state index in [1.165, 1.54) is 0 Å². The quantitative estimate of drug-likeness (QED) is 0.671. The van der Waals surface area contributed by atoms with Crippen LogP contribution in [0.25, 0.3) is 22.4 Å². The van der Waals surface area contributed by atoms with Gasteiger partial charge in [0.05, 0.1) is 5.56 Å². The lowest BCUT2D eigenvalue weighted by molar-refractivity contribution is 0.439. The molecule has 3 aromatic rings. The number of benzene rings is 2. The molecule has 0 aliphatic carbocycles. The number of hydrogen-bond acceptors (Lipinski definition) is 3. The highest BCUT2D eigenvalue weighted by molar-refractivity contribution is 9.10. The van der Waals surface area contributed by atoms with Gasteiger partial charge < -0.3 is 10.3 Å². The van der Waals surface area contributed by atoms with Crippen LogP contribution in [0.4, 0.5) is 5.88 Å². The Labute approximate surface area is 135 Å². The Kier molecular flexibility index (Phi) is 3.74. The summed E-state index contributed by atoms with van der Waals surface area (Å²) in [4.78, 5) is 0. The molecule has 0 fully saturated rings. The largest absolute Gasteiger partial charge is 0.367 e. The molecule has 0 saturated heterocycles. The van der Waals surface area contributed by atoms with Crippen LogP contribution in [0.3, 0.4) is 0 Å². The molecule has 0 amide bonds. The summed E-state index contributed by atoms with van der Waals surface area (Å²) < 4.78 is 6.13. The zero-order valence-corrected chi connectivity index (χ0v) is 13.6. The van der Waals surface area contributed by atoms with Gasteiger partial charge in [0.25, 0.3) is 0 Å². The summed E-state index contributed by atoms with van der Waals surface area (Å²) in [5.74, 6) is 0.255. The van der Waals surface area contributed by atoms with Crippen LogP contribution < -0.4 is 5.73 Å². The van der Waals surface area contributed by atoms with Crippen LogP contribution in [0, 0.1) is 6.92 Å². The minimum absolute atomic E-state index is 0.255. The number of rotatable bonds is 2. The molecule has 0 spiro atoms. The summed E-state index contributed by atoms with van der Waals surface area (Å²) in [6, 6.07) is 13.5. The first-order valence-electron chi connectivity index (χ1n) is 6.34. The lowest BCUT2D eigenvalue weighted by Gasteiger charge is -2.07. The molecule has 0 aliphatic rings. The number of aryl methyl sites for hydroxylation is 1. The van der Waals surface area contributed by atoms with E-state index in [4.69, 9.17) is 21.9 Å². The number of nitrogen functional groups attached to an aromatic ring is 1. The number of aromatic nitrogens is 1. The van der Waals surface area contributed by atoms with E-state index in [9.17, 15) is 0 Å². The summed E-state index contributed by atoms with van der Waals surface area (Å²) in [6.07, 6.45) is 0. The number of hydrogen-bond donors (Lipinski definition) is 1. The van der Waals surface area contributed by atoms with Gasteiger partial charge >= 0.3 is 0 Å². The molecule has 0 radical (unpaired) electrons.